The third kappa shape index (κ3) is 4.73. The molecule has 0 aromatic heterocycles. The first-order valence-electron chi connectivity index (χ1n) is 10.5. The Kier molecular flexibility index (Phi) is 6.68. The van der Waals surface area contributed by atoms with Gasteiger partial charge in [0.25, 0.3) is 0 Å². The second kappa shape index (κ2) is 9.41. The number of carbonyl (C=O) groups is 1. The Morgan fingerprint density at radius 2 is 1.69 bits per heavy atom. The van der Waals surface area contributed by atoms with Gasteiger partial charge in [-0.3, -0.25) is 14.1 Å². The Labute approximate surface area is 176 Å². The highest BCUT2D eigenvalue weighted by atomic mass is 32.2. The van der Waals surface area contributed by atoms with Crippen molar-refractivity contribution in [2.75, 3.05) is 25.5 Å². The number of nitrogens with zero attached hydrogens (tertiary/aromatic N) is 1. The summed E-state index contributed by atoms with van der Waals surface area (Å²) in [5, 5.41) is 10.7. The fourth-order valence-electron chi connectivity index (χ4n) is 4.65. The van der Waals surface area contributed by atoms with Crippen LogP contribution in [0.4, 0.5) is 4.39 Å². The average molecular weight is 414 g/mol. The average Bonchev–Trinajstić information content (AvgIpc) is 2.77. The fraction of sp³-hybridized carbons (Fsp3) is 0.458. The van der Waals surface area contributed by atoms with Crippen LogP contribution in [-0.4, -0.2) is 53.5 Å². The molecule has 2 atom stereocenters. The van der Waals surface area contributed by atoms with E-state index in [0.717, 1.165) is 42.8 Å². The lowest BCUT2D eigenvalue weighted by molar-refractivity contribution is 0.0239. The molecule has 1 unspecified atom stereocenters. The lowest BCUT2D eigenvalue weighted by atomic mass is 9.83. The van der Waals surface area contributed by atoms with Gasteiger partial charge < -0.3 is 5.11 Å². The molecular weight excluding hydrogens is 385 g/mol. The summed E-state index contributed by atoms with van der Waals surface area (Å²) in [6.45, 7) is 1.36. The highest BCUT2D eigenvalue weighted by Crippen LogP contribution is 2.30. The van der Waals surface area contributed by atoms with Crippen LogP contribution in [0, 0.1) is 5.92 Å². The number of alkyl halides is 1. The molecule has 0 amide bonds. The zero-order chi connectivity index (χ0) is 20.2. The van der Waals surface area contributed by atoms with Crippen LogP contribution in [0.3, 0.4) is 0 Å². The van der Waals surface area contributed by atoms with E-state index < -0.39 is 0 Å². The summed E-state index contributed by atoms with van der Waals surface area (Å²) < 4.78 is 12.3. The molecule has 0 spiro atoms. The first-order chi connectivity index (χ1) is 14.2. The monoisotopic (exact) mass is 413 g/mol. The number of hydrogen-bond donors (Lipinski definition) is 1. The predicted octanol–water partition coefficient (Wildman–Crippen LogP) is 4.17. The number of piperidine rings is 1. The van der Waals surface area contributed by atoms with E-state index in [2.05, 4.69) is 23.1 Å². The summed E-state index contributed by atoms with van der Waals surface area (Å²) in [5.41, 5.74) is 3.35. The number of rotatable bonds is 6. The van der Waals surface area contributed by atoms with Gasteiger partial charge in [-0.1, -0.05) is 36.4 Å². The number of ketones is 1. The summed E-state index contributed by atoms with van der Waals surface area (Å²) in [6.07, 6.45) is 2.93. The van der Waals surface area contributed by atoms with Crippen molar-refractivity contribution >= 4 is 17.5 Å². The summed E-state index contributed by atoms with van der Waals surface area (Å²) in [5.74, 6) is 0.702. The highest BCUT2D eigenvalue weighted by molar-refractivity contribution is 7.99. The summed E-state index contributed by atoms with van der Waals surface area (Å²) in [7, 11) is 0. The largest absolute Gasteiger partial charge is 0.391 e. The third-order valence-corrected chi connectivity index (χ3v) is 7.24. The lowest BCUT2D eigenvalue weighted by Gasteiger charge is -2.41. The standard InChI is InChI=1S/C24H28FNO2S/c25-11-14-29-21-7-5-17(6-8-21)24(28)18-9-12-26(13-10-18)22-15-19-3-1-2-4-20(19)16-23(22)27/h1-8,18,22-23,27H,9-16H2/t22?,23-/m1/s1. The SMILES string of the molecule is O=C(c1ccc(SCCF)cc1)C1CCN(C2Cc3ccccc3C[C@H]2O)CC1. The molecule has 1 saturated heterocycles. The van der Waals surface area contributed by atoms with Crippen molar-refractivity contribution in [3.8, 4) is 0 Å². The van der Waals surface area contributed by atoms with Gasteiger partial charge in [-0.25, -0.2) is 0 Å². The molecule has 2 aliphatic rings. The molecule has 29 heavy (non-hydrogen) atoms. The normalized spacial score (nSPS) is 23.0. The molecule has 1 heterocycles. The number of benzene rings is 2. The van der Waals surface area contributed by atoms with Crippen molar-refractivity contribution in [1.29, 1.82) is 0 Å². The van der Waals surface area contributed by atoms with Gasteiger partial charge in [0.15, 0.2) is 5.78 Å². The van der Waals surface area contributed by atoms with E-state index in [-0.39, 0.29) is 30.5 Å². The van der Waals surface area contributed by atoms with Crippen LogP contribution in [-0.2, 0) is 12.8 Å². The molecule has 0 radical (unpaired) electrons. The van der Waals surface area contributed by atoms with Crippen molar-refractivity contribution < 1.29 is 14.3 Å². The maximum Gasteiger partial charge on any atom is 0.166 e. The topological polar surface area (TPSA) is 40.5 Å². The van der Waals surface area contributed by atoms with E-state index in [1.54, 1.807) is 0 Å². The number of aliphatic hydroxyl groups is 1. The van der Waals surface area contributed by atoms with Gasteiger partial charge in [-0.05, 0) is 55.6 Å². The van der Waals surface area contributed by atoms with Gasteiger partial charge in [-0.2, -0.15) is 0 Å². The Balaban J connectivity index is 1.34. The van der Waals surface area contributed by atoms with E-state index in [9.17, 15) is 14.3 Å². The second-order valence-corrected chi connectivity index (χ2v) is 9.22. The van der Waals surface area contributed by atoms with Crippen LogP contribution in [0.15, 0.2) is 53.4 Å². The maximum atomic E-state index is 12.9. The van der Waals surface area contributed by atoms with Gasteiger partial charge in [0, 0.05) is 34.6 Å². The molecular formula is C24H28FNO2S. The minimum absolute atomic E-state index is 0.0450. The first-order valence-corrected chi connectivity index (χ1v) is 11.5. The minimum atomic E-state index is -0.342. The van der Waals surface area contributed by atoms with Crippen LogP contribution in [0.5, 0.6) is 0 Å². The van der Waals surface area contributed by atoms with Crippen molar-refractivity contribution in [3.05, 3.63) is 65.2 Å². The molecule has 2 aromatic carbocycles. The molecule has 3 nitrogen and oxygen atoms in total. The van der Waals surface area contributed by atoms with E-state index in [1.807, 2.05) is 30.3 Å². The summed E-state index contributed by atoms with van der Waals surface area (Å²) in [6, 6.07) is 16.1. The summed E-state index contributed by atoms with van der Waals surface area (Å²) in [4.78, 5) is 16.3. The molecule has 1 N–H and O–H groups in total. The lowest BCUT2D eigenvalue weighted by Crippen LogP contribution is -2.51. The number of aliphatic hydroxyl groups excluding tert-OH is 1. The van der Waals surface area contributed by atoms with E-state index in [0.29, 0.717) is 12.2 Å². The van der Waals surface area contributed by atoms with Crippen LogP contribution >= 0.6 is 11.8 Å². The Morgan fingerprint density at radius 3 is 2.34 bits per heavy atom. The van der Waals surface area contributed by atoms with Crippen molar-refractivity contribution in [2.45, 2.75) is 42.7 Å². The highest BCUT2D eigenvalue weighted by Gasteiger charge is 2.35. The number of hydrogen-bond acceptors (Lipinski definition) is 4. The molecule has 1 aliphatic heterocycles. The van der Waals surface area contributed by atoms with Crippen LogP contribution in [0.1, 0.15) is 34.3 Å². The zero-order valence-corrected chi connectivity index (χ0v) is 17.4. The van der Waals surface area contributed by atoms with Crippen LogP contribution < -0.4 is 0 Å². The molecule has 154 valence electrons. The number of halogens is 1. The molecule has 5 heteroatoms. The molecule has 0 saturated carbocycles. The van der Waals surface area contributed by atoms with Gasteiger partial charge in [0.05, 0.1) is 12.8 Å². The van der Waals surface area contributed by atoms with E-state index in [1.165, 1.54) is 22.9 Å². The predicted molar refractivity (Wildman–Crippen MR) is 115 cm³/mol. The Hall–Kier alpha value is -1.69. The Bertz CT molecular complexity index is 833. The molecule has 4 rings (SSSR count). The van der Waals surface area contributed by atoms with Crippen molar-refractivity contribution in [3.63, 3.8) is 0 Å². The van der Waals surface area contributed by atoms with Crippen LogP contribution in [0.2, 0.25) is 0 Å². The quantitative estimate of drug-likeness (QED) is 0.570. The fourth-order valence-corrected chi connectivity index (χ4v) is 5.29. The smallest absolute Gasteiger partial charge is 0.166 e. The second-order valence-electron chi connectivity index (χ2n) is 8.05. The molecule has 2 aromatic rings. The molecule has 0 bridgehead atoms. The minimum Gasteiger partial charge on any atom is -0.391 e. The van der Waals surface area contributed by atoms with Gasteiger partial charge in [0.2, 0.25) is 0 Å². The number of likely N-dealkylation sites (tertiary alicyclic amines) is 1. The number of fused-ring (bicyclic) bond motifs is 1. The maximum absolute atomic E-state index is 12.9. The zero-order valence-electron chi connectivity index (χ0n) is 16.6. The number of Topliss-reactive ketones (excluding diaryl/α,β-unsaturated/α-hetero) is 1. The molecule has 1 aliphatic carbocycles. The van der Waals surface area contributed by atoms with Gasteiger partial charge in [0.1, 0.15) is 0 Å². The third-order valence-electron chi connectivity index (χ3n) is 6.27. The van der Waals surface area contributed by atoms with E-state index in [4.69, 9.17) is 0 Å². The van der Waals surface area contributed by atoms with Gasteiger partial charge >= 0.3 is 0 Å². The van der Waals surface area contributed by atoms with Gasteiger partial charge in [-0.15, -0.1) is 11.8 Å². The number of thioether (sulfide) groups is 1. The van der Waals surface area contributed by atoms with Crippen molar-refractivity contribution in [2.24, 2.45) is 5.92 Å². The summed E-state index contributed by atoms with van der Waals surface area (Å²) >= 11 is 1.47. The molecule has 1 fully saturated rings. The van der Waals surface area contributed by atoms with E-state index >= 15 is 0 Å². The van der Waals surface area contributed by atoms with Crippen LogP contribution in [0.25, 0.3) is 0 Å². The Morgan fingerprint density at radius 1 is 1.03 bits per heavy atom. The number of carbonyl (C=O) groups excluding carboxylic acids is 1. The first kappa shape index (κ1) is 20.6. The van der Waals surface area contributed by atoms with Crippen molar-refractivity contribution in [1.82, 2.24) is 4.90 Å².